The normalized spacial score (nSPS) is 18.2. The Bertz CT molecular complexity index is 1340. The van der Waals surface area contributed by atoms with Crippen LogP contribution in [0.25, 0.3) is 0 Å². The van der Waals surface area contributed by atoms with Gasteiger partial charge in [-0.25, -0.2) is 4.79 Å². The Morgan fingerprint density at radius 3 is 2.20 bits per heavy atom. The molecule has 2 fully saturated rings. The summed E-state index contributed by atoms with van der Waals surface area (Å²) in [5.74, 6) is -1.16. The van der Waals surface area contributed by atoms with Crippen molar-refractivity contribution in [2.45, 2.75) is 19.5 Å². The highest BCUT2D eigenvalue weighted by Gasteiger charge is 2.34. The summed E-state index contributed by atoms with van der Waals surface area (Å²) in [7, 11) is 0. The Kier molecular flexibility index (Phi) is 8.81. The molecule has 1 unspecified atom stereocenters. The van der Waals surface area contributed by atoms with Gasteiger partial charge < -0.3 is 14.9 Å². The molecule has 5 rings (SSSR count). The number of carbonyl (C=O) groups excluding carboxylic acids is 2. The van der Waals surface area contributed by atoms with Crippen LogP contribution in [0.3, 0.4) is 0 Å². The number of hydrogen-bond donors (Lipinski definition) is 1. The Morgan fingerprint density at radius 2 is 1.50 bits per heavy atom. The van der Waals surface area contributed by atoms with Crippen molar-refractivity contribution in [3.05, 3.63) is 100 Å². The molecule has 0 saturated carbocycles. The summed E-state index contributed by atoms with van der Waals surface area (Å²) in [4.78, 5) is 46.4. The number of amides is 3. The zero-order valence-electron chi connectivity index (χ0n) is 22.3. The van der Waals surface area contributed by atoms with Gasteiger partial charge in [0.25, 0.3) is 5.91 Å². The first-order valence-electron chi connectivity index (χ1n) is 13.5. The molecule has 2 saturated heterocycles. The van der Waals surface area contributed by atoms with Crippen molar-refractivity contribution in [3.63, 3.8) is 0 Å². The molecule has 3 aromatic rings. The minimum atomic E-state index is -0.892. The van der Waals surface area contributed by atoms with Crippen molar-refractivity contribution in [1.29, 1.82) is 0 Å². The maximum atomic E-state index is 13.6. The third kappa shape index (κ3) is 6.71. The lowest BCUT2D eigenvalue weighted by molar-refractivity contribution is -0.138. The number of benzene rings is 3. The molecule has 0 aromatic heterocycles. The number of anilines is 1. The molecule has 9 heteroatoms. The zero-order valence-corrected chi connectivity index (χ0v) is 23.9. The molecule has 40 heavy (non-hydrogen) atoms. The second kappa shape index (κ2) is 12.7. The average Bonchev–Trinajstić information content (AvgIpc) is 2.96. The number of carboxylic acid groups (broad SMARTS) is 1. The molecule has 8 nitrogen and oxygen atoms in total. The summed E-state index contributed by atoms with van der Waals surface area (Å²) in [6, 6.07) is 25.0. The zero-order chi connectivity index (χ0) is 28.1. The predicted octanol–water partition coefficient (Wildman–Crippen LogP) is 4.94. The van der Waals surface area contributed by atoms with E-state index in [1.165, 1.54) is 5.56 Å². The average molecular weight is 606 g/mol. The lowest BCUT2D eigenvalue weighted by Crippen LogP contribution is -2.53. The molecule has 2 aliphatic rings. The molecule has 3 aromatic carbocycles. The molecular weight excluding hydrogens is 572 g/mol. The van der Waals surface area contributed by atoms with Gasteiger partial charge in [-0.1, -0.05) is 64.5 Å². The predicted molar refractivity (Wildman–Crippen MR) is 157 cm³/mol. The summed E-state index contributed by atoms with van der Waals surface area (Å²) in [6.45, 7) is 4.62. The molecule has 3 amide bonds. The van der Waals surface area contributed by atoms with Crippen molar-refractivity contribution in [1.82, 2.24) is 14.7 Å². The van der Waals surface area contributed by atoms with Crippen molar-refractivity contribution in [3.8, 4) is 0 Å². The molecule has 0 radical (unpaired) electrons. The topological polar surface area (TPSA) is 84.4 Å². The SMILES string of the molecule is O=C(O)CC1CN(Cc2ccccc2C(=O)N2CCN(Cc3ccccc3)CC2)C(=O)N(c2ccc(Br)cc2)C1. The lowest BCUT2D eigenvalue weighted by Gasteiger charge is -2.40. The number of nitrogens with zero attached hydrogens (tertiary/aromatic N) is 4. The molecule has 2 aliphatic heterocycles. The van der Waals surface area contributed by atoms with Crippen molar-refractivity contribution in [2.75, 3.05) is 44.2 Å². The van der Waals surface area contributed by atoms with Crippen LogP contribution in [0, 0.1) is 5.92 Å². The van der Waals surface area contributed by atoms with Crippen LogP contribution in [0.1, 0.15) is 27.9 Å². The quantitative estimate of drug-likeness (QED) is 0.394. The summed E-state index contributed by atoms with van der Waals surface area (Å²) < 4.78 is 0.896. The van der Waals surface area contributed by atoms with Crippen LogP contribution in [0.15, 0.2) is 83.3 Å². The number of hydrogen-bond acceptors (Lipinski definition) is 4. The van der Waals surface area contributed by atoms with Crippen molar-refractivity contribution in [2.24, 2.45) is 5.92 Å². The number of rotatable bonds is 8. The highest BCUT2D eigenvalue weighted by molar-refractivity contribution is 9.10. The Balaban J connectivity index is 1.29. The molecule has 208 valence electrons. The highest BCUT2D eigenvalue weighted by Crippen LogP contribution is 2.28. The summed E-state index contributed by atoms with van der Waals surface area (Å²) >= 11 is 3.43. The third-order valence-corrected chi connectivity index (χ3v) is 8.07. The summed E-state index contributed by atoms with van der Waals surface area (Å²) in [5, 5.41) is 9.48. The van der Waals surface area contributed by atoms with Crippen LogP contribution in [0.4, 0.5) is 10.5 Å². The van der Waals surface area contributed by atoms with Gasteiger partial charge in [0.05, 0.1) is 6.42 Å². The smallest absolute Gasteiger partial charge is 0.324 e. The van der Waals surface area contributed by atoms with Gasteiger partial charge in [0.1, 0.15) is 0 Å². The molecule has 0 aliphatic carbocycles. The van der Waals surface area contributed by atoms with Crippen molar-refractivity contribution < 1.29 is 19.5 Å². The van der Waals surface area contributed by atoms with E-state index >= 15 is 0 Å². The molecule has 1 N–H and O–H groups in total. The van der Waals surface area contributed by atoms with Gasteiger partial charge in [0, 0.05) is 74.0 Å². The van der Waals surface area contributed by atoms with E-state index in [0.29, 0.717) is 37.4 Å². The number of carbonyl (C=O) groups is 3. The first-order valence-corrected chi connectivity index (χ1v) is 14.3. The van der Waals surface area contributed by atoms with Crippen LogP contribution >= 0.6 is 15.9 Å². The first kappa shape index (κ1) is 27.9. The van der Waals surface area contributed by atoms with Crippen molar-refractivity contribution >= 4 is 39.5 Å². The van der Waals surface area contributed by atoms with Crippen LogP contribution in [-0.2, 0) is 17.9 Å². The van der Waals surface area contributed by atoms with Crippen LogP contribution in [0.5, 0.6) is 0 Å². The van der Waals surface area contributed by atoms with Gasteiger partial charge in [0.15, 0.2) is 0 Å². The fraction of sp³-hybridized carbons (Fsp3) is 0.323. The van der Waals surface area contributed by atoms with Gasteiger partial charge in [-0.2, -0.15) is 0 Å². The second-order valence-corrected chi connectivity index (χ2v) is 11.3. The van der Waals surface area contributed by atoms with Crippen LogP contribution in [-0.4, -0.2) is 77.0 Å². The number of carboxylic acids is 1. The number of piperazine rings is 1. The van der Waals surface area contributed by atoms with E-state index in [-0.39, 0.29) is 30.8 Å². The van der Waals surface area contributed by atoms with Gasteiger partial charge in [-0.3, -0.25) is 19.4 Å². The minimum Gasteiger partial charge on any atom is -0.481 e. The largest absolute Gasteiger partial charge is 0.481 e. The van der Waals surface area contributed by atoms with E-state index < -0.39 is 5.97 Å². The van der Waals surface area contributed by atoms with E-state index in [1.54, 1.807) is 9.80 Å². The molecule has 2 heterocycles. The maximum Gasteiger partial charge on any atom is 0.324 e. The van der Waals surface area contributed by atoms with Gasteiger partial charge in [-0.15, -0.1) is 0 Å². The standard InChI is InChI=1S/C31H33BrN4O4/c32-26-10-12-27(13-11-26)36-21-24(18-29(37)38)20-35(31(36)40)22-25-8-4-5-9-28(25)30(39)34-16-14-33(15-17-34)19-23-6-2-1-3-7-23/h1-13,24H,14-22H2,(H,37,38). The van der Waals surface area contributed by atoms with Crippen LogP contribution < -0.4 is 4.90 Å². The number of halogens is 1. The molecule has 0 bridgehead atoms. The fourth-order valence-corrected chi connectivity index (χ4v) is 5.76. The third-order valence-electron chi connectivity index (χ3n) is 7.54. The first-order chi connectivity index (χ1) is 19.4. The number of urea groups is 1. The van der Waals surface area contributed by atoms with Gasteiger partial charge >= 0.3 is 12.0 Å². The van der Waals surface area contributed by atoms with E-state index in [4.69, 9.17) is 0 Å². The van der Waals surface area contributed by atoms with E-state index in [1.807, 2.05) is 71.6 Å². The number of aliphatic carboxylic acids is 1. The van der Waals surface area contributed by atoms with Gasteiger partial charge in [-0.05, 0) is 41.5 Å². The summed E-state index contributed by atoms with van der Waals surface area (Å²) in [6.07, 6.45) is -0.0371. The lowest BCUT2D eigenvalue weighted by atomic mass is 9.99. The fourth-order valence-electron chi connectivity index (χ4n) is 5.49. The minimum absolute atomic E-state index is 0.0359. The summed E-state index contributed by atoms with van der Waals surface area (Å²) in [5.41, 5.74) is 3.32. The van der Waals surface area contributed by atoms with Crippen LogP contribution in [0.2, 0.25) is 0 Å². The van der Waals surface area contributed by atoms with E-state index in [2.05, 4.69) is 33.0 Å². The Labute approximate surface area is 242 Å². The molecule has 1 atom stereocenters. The highest BCUT2D eigenvalue weighted by atomic mass is 79.9. The Morgan fingerprint density at radius 1 is 0.825 bits per heavy atom. The molecular formula is C31H33BrN4O4. The Hall–Kier alpha value is -3.69. The second-order valence-electron chi connectivity index (χ2n) is 10.4. The molecule has 0 spiro atoms. The van der Waals surface area contributed by atoms with E-state index in [0.717, 1.165) is 29.7 Å². The monoisotopic (exact) mass is 604 g/mol. The maximum absolute atomic E-state index is 13.6. The van der Waals surface area contributed by atoms with E-state index in [9.17, 15) is 19.5 Å². The van der Waals surface area contributed by atoms with Gasteiger partial charge in [0.2, 0.25) is 0 Å².